The fourth-order valence-electron chi connectivity index (χ4n) is 5.85. The van der Waals surface area contributed by atoms with Crippen molar-refractivity contribution < 1.29 is 27.5 Å². The van der Waals surface area contributed by atoms with Crippen molar-refractivity contribution in [1.29, 1.82) is 0 Å². The van der Waals surface area contributed by atoms with Gasteiger partial charge >= 0.3 is 6.36 Å². The van der Waals surface area contributed by atoms with Crippen LogP contribution in [0, 0.1) is 17.8 Å². The van der Waals surface area contributed by atoms with E-state index in [-0.39, 0.29) is 29.3 Å². The van der Waals surface area contributed by atoms with Crippen LogP contribution >= 0.6 is 0 Å². The van der Waals surface area contributed by atoms with Crippen molar-refractivity contribution in [3.8, 4) is 5.75 Å². The molecule has 0 aromatic heterocycles. The molecule has 4 nitrogen and oxygen atoms in total. The van der Waals surface area contributed by atoms with Crippen LogP contribution in [0.3, 0.4) is 0 Å². The first-order valence-corrected chi connectivity index (χ1v) is 12.1. The lowest BCUT2D eigenvalue weighted by atomic mass is 9.85. The maximum absolute atomic E-state index is 13.3. The molecule has 1 heterocycles. The highest BCUT2D eigenvalue weighted by atomic mass is 19.4. The molecule has 34 heavy (non-hydrogen) atoms. The average Bonchev–Trinajstić information content (AvgIpc) is 2.97. The van der Waals surface area contributed by atoms with E-state index in [9.17, 15) is 22.8 Å². The summed E-state index contributed by atoms with van der Waals surface area (Å²) < 4.78 is 41.1. The number of benzene rings is 1. The number of rotatable bonds is 4. The largest absolute Gasteiger partial charge is 0.573 e. The standard InChI is InChI=1S/C27H32F3NO3/c1-16-4-5-21(14-24-18(3)25(32)15-23(16)24)17(2)26(33)31-12-10-20(11-13-31)19-6-8-22(9-7-19)34-27(28,29)30/h6-9,16,20-21,23H,2,4-5,10-15H2,1,3H3/t16-,21+,23-/m0/s1. The van der Waals surface area contributed by atoms with Gasteiger partial charge in [0.05, 0.1) is 0 Å². The Morgan fingerprint density at radius 3 is 2.32 bits per heavy atom. The van der Waals surface area contributed by atoms with Gasteiger partial charge in [0, 0.05) is 25.1 Å². The zero-order valence-corrected chi connectivity index (χ0v) is 19.8. The van der Waals surface area contributed by atoms with Crippen LogP contribution in [0.25, 0.3) is 0 Å². The van der Waals surface area contributed by atoms with Crippen LogP contribution in [-0.4, -0.2) is 36.0 Å². The summed E-state index contributed by atoms with van der Waals surface area (Å²) in [7, 11) is 0. The molecule has 3 atom stereocenters. The number of alkyl halides is 3. The molecule has 2 aliphatic carbocycles. The lowest BCUT2D eigenvalue weighted by Gasteiger charge is -2.34. The summed E-state index contributed by atoms with van der Waals surface area (Å²) in [6.07, 6.45) is 0.0562. The molecule has 2 fully saturated rings. The molecule has 184 valence electrons. The van der Waals surface area contributed by atoms with Crippen LogP contribution in [0.15, 0.2) is 47.6 Å². The van der Waals surface area contributed by atoms with Crippen molar-refractivity contribution in [2.24, 2.45) is 17.8 Å². The molecule has 0 radical (unpaired) electrons. The molecule has 1 amide bonds. The van der Waals surface area contributed by atoms with E-state index in [4.69, 9.17) is 0 Å². The third-order valence-corrected chi connectivity index (χ3v) is 8.01. The molecule has 1 aromatic rings. The number of likely N-dealkylation sites (tertiary alicyclic amines) is 1. The van der Waals surface area contributed by atoms with E-state index in [1.54, 1.807) is 12.1 Å². The van der Waals surface area contributed by atoms with Crippen LogP contribution in [0.5, 0.6) is 5.75 Å². The van der Waals surface area contributed by atoms with Gasteiger partial charge in [0.2, 0.25) is 5.91 Å². The third-order valence-electron chi connectivity index (χ3n) is 8.01. The van der Waals surface area contributed by atoms with E-state index >= 15 is 0 Å². The minimum Gasteiger partial charge on any atom is -0.406 e. The van der Waals surface area contributed by atoms with Crippen molar-refractivity contribution >= 4 is 11.7 Å². The lowest BCUT2D eigenvalue weighted by molar-refractivity contribution is -0.274. The van der Waals surface area contributed by atoms with Gasteiger partial charge in [-0.25, -0.2) is 0 Å². The monoisotopic (exact) mass is 475 g/mol. The molecule has 1 aliphatic heterocycles. The van der Waals surface area contributed by atoms with E-state index in [1.807, 2.05) is 11.8 Å². The summed E-state index contributed by atoms with van der Waals surface area (Å²) >= 11 is 0. The molecule has 0 N–H and O–H groups in total. The SMILES string of the molecule is C=C(C(=O)N1CCC(c2ccc(OC(F)(F)F)cc2)CC1)[C@@H]1CC[C@H](C)[C@@H]2CC(=O)C(C)=C2C1. The summed E-state index contributed by atoms with van der Waals surface area (Å²) in [4.78, 5) is 27.4. The number of hydrogen-bond acceptors (Lipinski definition) is 3. The fourth-order valence-corrected chi connectivity index (χ4v) is 5.85. The van der Waals surface area contributed by atoms with Gasteiger partial charge < -0.3 is 9.64 Å². The van der Waals surface area contributed by atoms with Gasteiger partial charge in [0.15, 0.2) is 5.78 Å². The van der Waals surface area contributed by atoms with Gasteiger partial charge in [-0.15, -0.1) is 13.2 Å². The Morgan fingerprint density at radius 1 is 1.06 bits per heavy atom. The van der Waals surface area contributed by atoms with Gasteiger partial charge in [0.1, 0.15) is 5.75 Å². The second kappa shape index (κ2) is 9.59. The Hall–Kier alpha value is -2.57. The number of allylic oxidation sites excluding steroid dienone is 2. The number of halogens is 3. The van der Waals surface area contributed by atoms with Crippen molar-refractivity contribution in [2.75, 3.05) is 13.1 Å². The van der Waals surface area contributed by atoms with E-state index in [0.717, 1.165) is 43.2 Å². The highest BCUT2D eigenvalue weighted by molar-refractivity contribution is 5.99. The number of Topliss-reactive ketones (excluding diaryl/α,β-unsaturated/α-hetero) is 1. The van der Waals surface area contributed by atoms with Crippen LogP contribution in [0.4, 0.5) is 13.2 Å². The van der Waals surface area contributed by atoms with Gasteiger partial charge in [-0.3, -0.25) is 9.59 Å². The summed E-state index contributed by atoms with van der Waals surface area (Å²) in [5.41, 5.74) is 3.71. The zero-order chi connectivity index (χ0) is 24.6. The summed E-state index contributed by atoms with van der Waals surface area (Å²) in [5, 5.41) is 0. The molecule has 0 unspecified atom stereocenters. The second-order valence-electron chi connectivity index (χ2n) is 10.0. The van der Waals surface area contributed by atoms with E-state index < -0.39 is 6.36 Å². The van der Waals surface area contributed by atoms with Crippen LogP contribution in [0.1, 0.15) is 63.9 Å². The highest BCUT2D eigenvalue weighted by Crippen LogP contribution is 2.45. The Bertz CT molecular complexity index is 987. The molecule has 4 rings (SSSR count). The number of ether oxygens (including phenoxy) is 1. The molecule has 7 heteroatoms. The van der Waals surface area contributed by atoms with Gasteiger partial charge in [-0.1, -0.05) is 31.2 Å². The Labute approximate surface area is 198 Å². The first kappa shape index (κ1) is 24.6. The second-order valence-corrected chi connectivity index (χ2v) is 10.0. The van der Waals surface area contributed by atoms with Crippen LogP contribution < -0.4 is 4.74 Å². The maximum atomic E-state index is 13.3. The lowest BCUT2D eigenvalue weighted by Crippen LogP contribution is -2.39. The molecular formula is C27H32F3NO3. The number of hydrogen-bond donors (Lipinski definition) is 0. The number of amides is 1. The Kier molecular flexibility index (Phi) is 6.92. The van der Waals surface area contributed by atoms with Crippen molar-refractivity contribution in [2.45, 2.75) is 64.7 Å². The number of piperidine rings is 1. The van der Waals surface area contributed by atoms with Crippen molar-refractivity contribution in [3.05, 3.63) is 53.1 Å². The Balaban J connectivity index is 1.35. The maximum Gasteiger partial charge on any atom is 0.573 e. The molecule has 1 saturated heterocycles. The predicted molar refractivity (Wildman–Crippen MR) is 123 cm³/mol. The quantitative estimate of drug-likeness (QED) is 0.488. The van der Waals surface area contributed by atoms with Gasteiger partial charge in [-0.2, -0.15) is 0 Å². The third kappa shape index (κ3) is 5.23. The van der Waals surface area contributed by atoms with Crippen molar-refractivity contribution in [1.82, 2.24) is 4.90 Å². The van der Waals surface area contributed by atoms with E-state index in [1.165, 1.54) is 17.7 Å². The first-order valence-electron chi connectivity index (χ1n) is 12.1. The topological polar surface area (TPSA) is 46.6 Å². The number of nitrogens with zero attached hydrogens (tertiary/aromatic N) is 1. The normalized spacial score (nSPS) is 26.3. The molecule has 0 spiro atoms. The molecule has 1 aromatic carbocycles. The van der Waals surface area contributed by atoms with Gasteiger partial charge in [0.25, 0.3) is 0 Å². The molecule has 1 saturated carbocycles. The Morgan fingerprint density at radius 2 is 1.71 bits per heavy atom. The average molecular weight is 476 g/mol. The van der Waals surface area contributed by atoms with Gasteiger partial charge in [-0.05, 0) is 86.0 Å². The van der Waals surface area contributed by atoms with Crippen molar-refractivity contribution in [3.63, 3.8) is 0 Å². The first-order chi connectivity index (χ1) is 16.0. The summed E-state index contributed by atoms with van der Waals surface area (Å²) in [5.74, 6) is 1.01. The number of ketones is 1. The molecule has 3 aliphatic rings. The summed E-state index contributed by atoms with van der Waals surface area (Å²) in [6, 6.07) is 6.02. The van der Waals surface area contributed by atoms with E-state index in [0.29, 0.717) is 36.9 Å². The molecular weight excluding hydrogens is 443 g/mol. The minimum atomic E-state index is -4.70. The molecule has 0 bridgehead atoms. The minimum absolute atomic E-state index is 0.00828. The number of carbonyl (C=O) groups excluding carboxylic acids is 2. The van der Waals surface area contributed by atoms with Crippen LogP contribution in [-0.2, 0) is 9.59 Å². The van der Waals surface area contributed by atoms with E-state index in [2.05, 4.69) is 18.2 Å². The number of carbonyl (C=O) groups is 2. The van der Waals surface area contributed by atoms with Crippen LogP contribution in [0.2, 0.25) is 0 Å². The predicted octanol–water partition coefficient (Wildman–Crippen LogP) is 6.19. The fraction of sp³-hybridized carbons (Fsp3) is 0.556. The number of fused-ring (bicyclic) bond motifs is 1. The highest BCUT2D eigenvalue weighted by Gasteiger charge is 2.39. The summed E-state index contributed by atoms with van der Waals surface area (Å²) in [6.45, 7) is 9.50. The smallest absolute Gasteiger partial charge is 0.406 e. The zero-order valence-electron chi connectivity index (χ0n) is 19.8.